The van der Waals surface area contributed by atoms with Gasteiger partial charge in [-0.15, -0.1) is 0 Å². The van der Waals surface area contributed by atoms with E-state index < -0.39 is 0 Å². The van der Waals surface area contributed by atoms with Crippen LogP contribution in [0.15, 0.2) is 235 Å². The molecule has 2 heterocycles. The van der Waals surface area contributed by atoms with Crippen LogP contribution in [0.1, 0.15) is 0 Å². The third-order valence-electron chi connectivity index (χ3n) is 12.2. The van der Waals surface area contributed by atoms with Crippen molar-refractivity contribution in [2.24, 2.45) is 0 Å². The molecular formula is C58H38N2O. The Bertz CT molecular complexity index is 3510. The van der Waals surface area contributed by atoms with Crippen molar-refractivity contribution in [2.45, 2.75) is 0 Å². The Morgan fingerprint density at radius 1 is 0.344 bits per heavy atom. The van der Waals surface area contributed by atoms with Crippen LogP contribution in [0.5, 0.6) is 0 Å². The van der Waals surface area contributed by atoms with Gasteiger partial charge in [0.15, 0.2) is 0 Å². The number of para-hydroxylation sites is 3. The van der Waals surface area contributed by atoms with Crippen LogP contribution in [0, 0.1) is 0 Å². The highest BCUT2D eigenvalue weighted by atomic mass is 16.3. The van der Waals surface area contributed by atoms with Gasteiger partial charge in [0.1, 0.15) is 11.2 Å². The number of hydrogen-bond donors (Lipinski definition) is 0. The summed E-state index contributed by atoms with van der Waals surface area (Å²) in [5.74, 6) is 0. The standard InChI is InChI=1S/C58H38N2O/c1-3-15-39(16-4-1)46-24-13-19-42-20-14-25-47(56(42)46)41-29-31-43(32-30-41)59(44-33-35-45(36-34-44)60-52-26-10-7-21-49(52)50-22-8-11-27-53(50)60)54-38-37-48(40-17-5-2-6-18-40)58-57(54)51-23-9-12-28-55(51)61-58/h1-38H. The van der Waals surface area contributed by atoms with Crippen LogP contribution < -0.4 is 4.90 Å². The number of anilines is 3. The molecule has 286 valence electrons. The van der Waals surface area contributed by atoms with Crippen LogP contribution in [-0.4, -0.2) is 4.57 Å². The molecule has 12 aromatic rings. The quantitative estimate of drug-likeness (QED) is 0.161. The SMILES string of the molecule is c1ccc(-c2ccc(N(c3ccc(-c4cccc5cccc(-c6ccccc6)c45)cc3)c3ccc(-n4c5ccccc5c5ccccc54)cc3)c3c2oc2ccccc23)cc1. The highest BCUT2D eigenvalue weighted by Gasteiger charge is 2.23. The van der Waals surface area contributed by atoms with Gasteiger partial charge in [0.2, 0.25) is 0 Å². The fourth-order valence-electron chi connectivity index (χ4n) is 9.45. The summed E-state index contributed by atoms with van der Waals surface area (Å²) in [7, 11) is 0. The lowest BCUT2D eigenvalue weighted by Gasteiger charge is -2.27. The summed E-state index contributed by atoms with van der Waals surface area (Å²) in [6, 6.07) is 82.8. The van der Waals surface area contributed by atoms with E-state index in [-0.39, 0.29) is 0 Å². The zero-order valence-corrected chi connectivity index (χ0v) is 33.2. The summed E-state index contributed by atoms with van der Waals surface area (Å²) < 4.78 is 9.16. The number of benzene rings is 10. The van der Waals surface area contributed by atoms with E-state index in [0.717, 1.165) is 61.4 Å². The van der Waals surface area contributed by atoms with Crippen molar-refractivity contribution in [2.75, 3.05) is 4.90 Å². The third kappa shape index (κ3) is 5.74. The molecule has 10 aromatic carbocycles. The molecule has 0 radical (unpaired) electrons. The lowest BCUT2D eigenvalue weighted by atomic mass is 9.91. The van der Waals surface area contributed by atoms with Gasteiger partial charge in [0.05, 0.1) is 22.1 Å². The average molecular weight is 779 g/mol. The fraction of sp³-hybridized carbons (Fsp3) is 0. The first-order valence-corrected chi connectivity index (χ1v) is 20.8. The van der Waals surface area contributed by atoms with Crippen molar-refractivity contribution in [3.63, 3.8) is 0 Å². The topological polar surface area (TPSA) is 21.3 Å². The van der Waals surface area contributed by atoms with Crippen LogP contribution in [-0.2, 0) is 0 Å². The Morgan fingerprint density at radius 2 is 0.852 bits per heavy atom. The predicted molar refractivity (Wildman–Crippen MR) is 257 cm³/mol. The van der Waals surface area contributed by atoms with Gasteiger partial charge in [-0.25, -0.2) is 0 Å². The second-order valence-corrected chi connectivity index (χ2v) is 15.6. The predicted octanol–water partition coefficient (Wildman–Crippen LogP) is 16.3. The normalized spacial score (nSPS) is 11.6. The maximum Gasteiger partial charge on any atom is 0.145 e. The molecule has 0 amide bonds. The zero-order chi connectivity index (χ0) is 40.3. The molecule has 3 heteroatoms. The summed E-state index contributed by atoms with van der Waals surface area (Å²) in [4.78, 5) is 2.39. The maximum absolute atomic E-state index is 6.79. The second kappa shape index (κ2) is 14.3. The molecule has 0 saturated heterocycles. The van der Waals surface area contributed by atoms with Crippen molar-refractivity contribution >= 4 is 71.6 Å². The minimum atomic E-state index is 0.865. The van der Waals surface area contributed by atoms with Crippen LogP contribution >= 0.6 is 0 Å². The van der Waals surface area contributed by atoms with Gasteiger partial charge in [-0.1, -0.05) is 164 Å². The zero-order valence-electron chi connectivity index (χ0n) is 33.2. The number of aromatic nitrogens is 1. The summed E-state index contributed by atoms with van der Waals surface area (Å²) in [5, 5.41) is 7.13. The van der Waals surface area contributed by atoms with Crippen molar-refractivity contribution in [3.05, 3.63) is 231 Å². The third-order valence-corrected chi connectivity index (χ3v) is 12.2. The lowest BCUT2D eigenvalue weighted by molar-refractivity contribution is 0.670. The van der Waals surface area contributed by atoms with E-state index in [1.807, 2.05) is 6.07 Å². The Balaban J connectivity index is 1.05. The molecule has 0 aliphatic heterocycles. The van der Waals surface area contributed by atoms with Crippen molar-refractivity contribution in [3.8, 4) is 39.1 Å². The molecule has 2 aromatic heterocycles. The fourth-order valence-corrected chi connectivity index (χ4v) is 9.45. The van der Waals surface area contributed by atoms with E-state index in [0.29, 0.717) is 0 Å². The Kier molecular flexibility index (Phi) is 8.17. The van der Waals surface area contributed by atoms with E-state index in [1.54, 1.807) is 0 Å². The minimum Gasteiger partial charge on any atom is -0.455 e. The summed E-state index contributed by atoms with van der Waals surface area (Å²) >= 11 is 0. The van der Waals surface area contributed by atoms with E-state index in [1.165, 1.54) is 49.3 Å². The van der Waals surface area contributed by atoms with E-state index in [9.17, 15) is 0 Å². The van der Waals surface area contributed by atoms with Gasteiger partial charge in [0, 0.05) is 38.8 Å². The molecule has 0 unspecified atom stereocenters. The molecule has 0 aliphatic carbocycles. The molecule has 0 aliphatic rings. The number of nitrogens with zero attached hydrogens (tertiary/aromatic N) is 2. The molecule has 12 rings (SSSR count). The molecule has 0 saturated carbocycles. The molecule has 0 atom stereocenters. The largest absolute Gasteiger partial charge is 0.455 e. The first-order chi connectivity index (χ1) is 30.3. The minimum absolute atomic E-state index is 0.865. The van der Waals surface area contributed by atoms with E-state index in [2.05, 4.69) is 234 Å². The van der Waals surface area contributed by atoms with Gasteiger partial charge >= 0.3 is 0 Å². The smallest absolute Gasteiger partial charge is 0.145 e. The molecule has 0 bridgehead atoms. The number of hydrogen-bond acceptors (Lipinski definition) is 2. The summed E-state index contributed by atoms with van der Waals surface area (Å²) in [5.41, 5.74) is 15.4. The van der Waals surface area contributed by atoms with Crippen LogP contribution in [0.2, 0.25) is 0 Å². The number of fused-ring (bicyclic) bond motifs is 7. The molecule has 3 nitrogen and oxygen atoms in total. The van der Waals surface area contributed by atoms with Crippen molar-refractivity contribution in [1.82, 2.24) is 4.57 Å². The second-order valence-electron chi connectivity index (χ2n) is 15.6. The first kappa shape index (κ1) is 34.9. The molecule has 61 heavy (non-hydrogen) atoms. The first-order valence-electron chi connectivity index (χ1n) is 20.8. The Morgan fingerprint density at radius 3 is 1.48 bits per heavy atom. The summed E-state index contributed by atoms with van der Waals surface area (Å²) in [6.07, 6.45) is 0. The van der Waals surface area contributed by atoms with E-state index >= 15 is 0 Å². The lowest BCUT2D eigenvalue weighted by Crippen LogP contribution is -2.10. The van der Waals surface area contributed by atoms with Crippen LogP contribution in [0.25, 0.3) is 93.6 Å². The summed E-state index contributed by atoms with van der Waals surface area (Å²) in [6.45, 7) is 0. The van der Waals surface area contributed by atoms with E-state index in [4.69, 9.17) is 4.42 Å². The van der Waals surface area contributed by atoms with Gasteiger partial charge in [-0.3, -0.25) is 0 Å². The highest BCUT2D eigenvalue weighted by Crippen LogP contribution is 2.47. The Labute approximate surface area is 353 Å². The molecule has 0 fully saturated rings. The van der Waals surface area contributed by atoms with Gasteiger partial charge < -0.3 is 13.9 Å². The van der Waals surface area contributed by atoms with Gasteiger partial charge in [-0.05, 0) is 105 Å². The molecule has 0 spiro atoms. The van der Waals surface area contributed by atoms with Crippen LogP contribution in [0.3, 0.4) is 0 Å². The highest BCUT2D eigenvalue weighted by molar-refractivity contribution is 6.17. The molecule has 0 N–H and O–H groups in total. The monoisotopic (exact) mass is 778 g/mol. The molecular weight excluding hydrogens is 741 g/mol. The number of furan rings is 1. The number of rotatable bonds is 7. The van der Waals surface area contributed by atoms with Crippen LogP contribution in [0.4, 0.5) is 17.1 Å². The van der Waals surface area contributed by atoms with Crippen molar-refractivity contribution < 1.29 is 4.42 Å². The van der Waals surface area contributed by atoms with Gasteiger partial charge in [-0.2, -0.15) is 0 Å². The van der Waals surface area contributed by atoms with Crippen molar-refractivity contribution in [1.29, 1.82) is 0 Å². The maximum atomic E-state index is 6.79. The van der Waals surface area contributed by atoms with Gasteiger partial charge in [0.25, 0.3) is 0 Å². The Hall–Kier alpha value is -8.14. The average Bonchev–Trinajstić information content (AvgIpc) is 3.89.